The average molecular weight is 433 g/mol. The van der Waals surface area contributed by atoms with Crippen LogP contribution in [0, 0.1) is 5.92 Å². The van der Waals surface area contributed by atoms with Crippen LogP contribution in [0.3, 0.4) is 0 Å². The van der Waals surface area contributed by atoms with Crippen LogP contribution in [0.15, 0.2) is 83.4 Å². The molecule has 3 heteroatoms. The van der Waals surface area contributed by atoms with Gasteiger partial charge in [-0.3, -0.25) is 4.98 Å². The van der Waals surface area contributed by atoms with Gasteiger partial charge >= 0.3 is 0 Å². The van der Waals surface area contributed by atoms with Gasteiger partial charge < -0.3 is 4.42 Å². The summed E-state index contributed by atoms with van der Waals surface area (Å²) in [6.45, 7) is 2.19. The lowest BCUT2D eigenvalue weighted by molar-refractivity contribution is 0.546. The number of pyridine rings is 2. The fraction of sp³-hybridized carbons (Fsp3) is 0.267. The van der Waals surface area contributed by atoms with E-state index in [-0.39, 0.29) is 5.92 Å². The second kappa shape index (κ2) is 8.47. The molecular formula is C30H28N2O. The van der Waals surface area contributed by atoms with Crippen LogP contribution in [0.4, 0.5) is 0 Å². The van der Waals surface area contributed by atoms with Gasteiger partial charge in [0.05, 0.1) is 11.4 Å². The maximum absolute atomic E-state index is 6.15. The number of rotatable bonds is 5. The first-order valence-corrected chi connectivity index (χ1v) is 12.1. The SMILES string of the molecule is CC(c1ccccc1)c1ccc2c(n1)oc1ccc(-c3cc(CC4CCCC4)ccn3)cc12. The summed E-state index contributed by atoms with van der Waals surface area (Å²) in [7, 11) is 0. The fourth-order valence-corrected chi connectivity index (χ4v) is 5.29. The Morgan fingerprint density at radius 1 is 0.909 bits per heavy atom. The van der Waals surface area contributed by atoms with Crippen LogP contribution < -0.4 is 0 Å². The molecule has 1 aliphatic carbocycles. The highest BCUT2D eigenvalue weighted by atomic mass is 16.3. The minimum Gasteiger partial charge on any atom is -0.438 e. The highest BCUT2D eigenvalue weighted by Gasteiger charge is 2.17. The second-order valence-electron chi connectivity index (χ2n) is 9.44. The third-order valence-corrected chi connectivity index (χ3v) is 7.22. The molecular weight excluding hydrogens is 404 g/mol. The summed E-state index contributed by atoms with van der Waals surface area (Å²) in [5.74, 6) is 1.05. The minimum absolute atomic E-state index is 0.214. The van der Waals surface area contributed by atoms with Crippen molar-refractivity contribution in [2.45, 2.75) is 44.9 Å². The number of aromatic nitrogens is 2. The van der Waals surface area contributed by atoms with Crippen LogP contribution >= 0.6 is 0 Å². The van der Waals surface area contributed by atoms with E-state index in [9.17, 15) is 0 Å². The van der Waals surface area contributed by atoms with Gasteiger partial charge in [-0.2, -0.15) is 0 Å². The zero-order valence-electron chi connectivity index (χ0n) is 19.0. The fourth-order valence-electron chi connectivity index (χ4n) is 5.29. The van der Waals surface area contributed by atoms with Crippen molar-refractivity contribution in [1.82, 2.24) is 9.97 Å². The number of hydrogen-bond donors (Lipinski definition) is 0. The molecule has 164 valence electrons. The standard InChI is InChI=1S/C30H28N2O/c1-20(23-9-3-2-4-10-23)27-13-12-25-26-19-24(11-14-29(26)33-30(25)32-27)28-18-22(15-16-31-28)17-21-7-5-6-8-21/h2-4,9-16,18-21H,5-8,17H2,1H3. The topological polar surface area (TPSA) is 38.9 Å². The molecule has 0 bridgehead atoms. The molecule has 0 aliphatic heterocycles. The molecule has 1 fully saturated rings. The Morgan fingerprint density at radius 3 is 2.61 bits per heavy atom. The summed E-state index contributed by atoms with van der Waals surface area (Å²) >= 11 is 0. The zero-order chi connectivity index (χ0) is 22.2. The molecule has 0 radical (unpaired) electrons. The molecule has 0 amide bonds. The lowest BCUT2D eigenvalue weighted by atomic mass is 9.96. The molecule has 5 aromatic rings. The Morgan fingerprint density at radius 2 is 1.76 bits per heavy atom. The van der Waals surface area contributed by atoms with Crippen molar-refractivity contribution in [3.8, 4) is 11.3 Å². The van der Waals surface area contributed by atoms with E-state index < -0.39 is 0 Å². The van der Waals surface area contributed by atoms with E-state index in [4.69, 9.17) is 9.40 Å². The molecule has 0 N–H and O–H groups in total. The number of hydrogen-bond acceptors (Lipinski definition) is 3. The molecule has 3 aromatic heterocycles. The Hall–Kier alpha value is -3.46. The molecule has 2 aromatic carbocycles. The van der Waals surface area contributed by atoms with Crippen molar-refractivity contribution >= 4 is 22.1 Å². The number of furan rings is 1. The van der Waals surface area contributed by atoms with Gasteiger partial charge in [0, 0.05) is 28.5 Å². The molecule has 1 aliphatic rings. The normalized spacial score (nSPS) is 15.4. The van der Waals surface area contributed by atoms with Gasteiger partial charge in [-0.25, -0.2) is 4.98 Å². The van der Waals surface area contributed by atoms with Crippen molar-refractivity contribution in [3.05, 3.63) is 95.8 Å². The van der Waals surface area contributed by atoms with E-state index in [1.807, 2.05) is 12.3 Å². The molecule has 1 atom stereocenters. The highest BCUT2D eigenvalue weighted by molar-refractivity contribution is 6.05. The van der Waals surface area contributed by atoms with Crippen LogP contribution in [0.5, 0.6) is 0 Å². The van der Waals surface area contributed by atoms with E-state index >= 15 is 0 Å². The van der Waals surface area contributed by atoms with E-state index in [0.29, 0.717) is 5.71 Å². The van der Waals surface area contributed by atoms with Gasteiger partial charge in [0.1, 0.15) is 5.58 Å². The van der Waals surface area contributed by atoms with Crippen molar-refractivity contribution in [1.29, 1.82) is 0 Å². The summed E-state index contributed by atoms with van der Waals surface area (Å²) in [4.78, 5) is 9.56. The van der Waals surface area contributed by atoms with Crippen molar-refractivity contribution in [3.63, 3.8) is 0 Å². The summed E-state index contributed by atoms with van der Waals surface area (Å²) in [6.07, 6.45) is 8.61. The Labute approximate surface area is 194 Å². The van der Waals surface area contributed by atoms with Crippen molar-refractivity contribution in [2.24, 2.45) is 5.92 Å². The quantitative estimate of drug-likeness (QED) is 0.283. The van der Waals surface area contributed by atoms with Crippen molar-refractivity contribution < 1.29 is 4.42 Å². The van der Waals surface area contributed by atoms with Crippen LogP contribution in [-0.2, 0) is 6.42 Å². The molecule has 3 nitrogen and oxygen atoms in total. The van der Waals surface area contributed by atoms with E-state index in [0.717, 1.165) is 39.2 Å². The third-order valence-electron chi connectivity index (χ3n) is 7.22. The first kappa shape index (κ1) is 20.2. The zero-order valence-corrected chi connectivity index (χ0v) is 19.0. The molecule has 6 rings (SSSR count). The van der Waals surface area contributed by atoms with Gasteiger partial charge in [0.15, 0.2) is 0 Å². The van der Waals surface area contributed by atoms with Crippen LogP contribution in [0.2, 0.25) is 0 Å². The maximum atomic E-state index is 6.15. The van der Waals surface area contributed by atoms with Crippen LogP contribution in [0.25, 0.3) is 33.3 Å². The lowest BCUT2D eigenvalue weighted by Gasteiger charge is -2.10. The molecule has 33 heavy (non-hydrogen) atoms. The molecule has 1 saturated carbocycles. The molecule has 0 spiro atoms. The first-order chi connectivity index (χ1) is 16.2. The van der Waals surface area contributed by atoms with Gasteiger partial charge in [-0.05, 0) is 65.9 Å². The summed E-state index contributed by atoms with van der Waals surface area (Å²) in [5.41, 5.74) is 7.40. The monoisotopic (exact) mass is 432 g/mol. The van der Waals surface area contributed by atoms with Crippen LogP contribution in [-0.4, -0.2) is 9.97 Å². The molecule has 1 unspecified atom stereocenters. The van der Waals surface area contributed by atoms with E-state index in [1.54, 1.807) is 0 Å². The average Bonchev–Trinajstić information content (AvgIpc) is 3.51. The summed E-state index contributed by atoms with van der Waals surface area (Å²) < 4.78 is 6.15. The lowest BCUT2D eigenvalue weighted by Crippen LogP contribution is -1.99. The molecule has 3 heterocycles. The minimum atomic E-state index is 0.214. The Bertz CT molecular complexity index is 1410. The predicted molar refractivity (Wildman–Crippen MR) is 134 cm³/mol. The largest absolute Gasteiger partial charge is 0.438 e. The van der Waals surface area contributed by atoms with Gasteiger partial charge in [0.2, 0.25) is 5.71 Å². The third kappa shape index (κ3) is 3.93. The summed E-state index contributed by atoms with van der Waals surface area (Å²) in [5, 5.41) is 2.15. The molecule has 0 saturated heterocycles. The Balaban J connectivity index is 1.34. The number of benzene rings is 2. The van der Waals surface area contributed by atoms with Gasteiger partial charge in [-0.15, -0.1) is 0 Å². The first-order valence-electron chi connectivity index (χ1n) is 12.1. The number of nitrogens with zero attached hydrogens (tertiary/aromatic N) is 2. The highest BCUT2D eigenvalue weighted by Crippen LogP contribution is 2.34. The van der Waals surface area contributed by atoms with E-state index in [1.165, 1.54) is 43.2 Å². The maximum Gasteiger partial charge on any atom is 0.227 e. The van der Waals surface area contributed by atoms with Gasteiger partial charge in [-0.1, -0.05) is 62.9 Å². The smallest absolute Gasteiger partial charge is 0.227 e. The summed E-state index contributed by atoms with van der Waals surface area (Å²) in [6, 6.07) is 25.6. The van der Waals surface area contributed by atoms with Gasteiger partial charge in [0.25, 0.3) is 0 Å². The Kier molecular flexibility index (Phi) is 5.18. The second-order valence-corrected chi connectivity index (χ2v) is 9.44. The van der Waals surface area contributed by atoms with Crippen molar-refractivity contribution in [2.75, 3.05) is 0 Å². The predicted octanol–water partition coefficient (Wildman–Crippen LogP) is 7.93. The number of fused-ring (bicyclic) bond motifs is 3. The van der Waals surface area contributed by atoms with E-state index in [2.05, 4.69) is 78.6 Å². The van der Waals surface area contributed by atoms with Crippen LogP contribution in [0.1, 0.15) is 55.3 Å².